The van der Waals surface area contributed by atoms with Gasteiger partial charge in [-0.05, 0) is 55.2 Å². The monoisotopic (exact) mass is 656 g/mol. The Kier molecular flexibility index (Phi) is 8.88. The van der Waals surface area contributed by atoms with E-state index in [-0.39, 0.29) is 55.9 Å². The van der Waals surface area contributed by atoms with Crippen LogP contribution in [0, 0.1) is 0 Å². The number of hydrogen-bond acceptors (Lipinski definition) is 4. The van der Waals surface area contributed by atoms with E-state index in [1.165, 1.54) is 0 Å². The number of carbonyl (C=O) groups is 2. The molecule has 0 radical (unpaired) electrons. The maximum atomic E-state index is 11.3. The summed E-state index contributed by atoms with van der Waals surface area (Å²) in [6.45, 7) is 0. The predicted molar refractivity (Wildman–Crippen MR) is 132 cm³/mol. The van der Waals surface area contributed by atoms with Crippen LogP contribution in [0.25, 0.3) is 43.1 Å². The molecule has 184 valence electrons. The summed E-state index contributed by atoms with van der Waals surface area (Å²) in [7, 11) is 0. The molecule has 0 unspecified atom stereocenters. The van der Waals surface area contributed by atoms with Gasteiger partial charge in [0.1, 0.15) is 0 Å². The molecule has 0 aliphatic carbocycles. The summed E-state index contributed by atoms with van der Waals surface area (Å²) in [4.78, 5) is 22.6. The molecule has 0 aliphatic rings. The van der Waals surface area contributed by atoms with Crippen molar-refractivity contribution in [3.63, 3.8) is 0 Å². The molecule has 6 aromatic rings. The minimum Gasteiger partial charge on any atom is -0.545 e. The first-order chi connectivity index (χ1) is 16.5. The molecule has 0 atom stereocenters. The third-order valence-corrected chi connectivity index (χ3v) is 5.95. The van der Waals surface area contributed by atoms with Crippen LogP contribution in [0.5, 0.6) is 0 Å². The van der Waals surface area contributed by atoms with E-state index in [1.807, 2.05) is 109 Å². The summed E-state index contributed by atoms with van der Waals surface area (Å²) in [5, 5.41) is 29.2. The second kappa shape index (κ2) is 11.7. The number of benzene rings is 6. The fraction of sp³-hybridized carbons (Fsp3) is 0. The van der Waals surface area contributed by atoms with Crippen molar-refractivity contribution < 1.29 is 64.6 Å². The van der Waals surface area contributed by atoms with Crippen LogP contribution in [0.15, 0.2) is 109 Å². The Bertz CT molecular complexity index is 1490. The molecular weight excluding hydrogens is 640 g/mol. The zero-order valence-electron chi connectivity index (χ0n) is 18.6. The van der Waals surface area contributed by atoms with Crippen LogP contribution in [0.2, 0.25) is 0 Å². The van der Waals surface area contributed by atoms with Crippen molar-refractivity contribution in [2.24, 2.45) is 0 Å². The minimum absolute atomic E-state index is 0. The summed E-state index contributed by atoms with van der Waals surface area (Å²) >= 11 is 0. The Morgan fingerprint density at radius 2 is 0.639 bits per heavy atom. The summed E-state index contributed by atoms with van der Waals surface area (Å²) in [5.41, 5.74) is 0.553. The maximum absolute atomic E-state index is 11.3. The topological polar surface area (TPSA) is 80.3 Å². The largest absolute Gasteiger partial charge is 1.00 e. The predicted octanol–water partition coefficient (Wildman–Crippen LogP) is 4.71. The van der Waals surface area contributed by atoms with Crippen molar-refractivity contribution in [2.45, 2.75) is 0 Å². The van der Waals surface area contributed by atoms with Gasteiger partial charge in [0, 0.05) is 11.1 Å². The van der Waals surface area contributed by atoms with Gasteiger partial charge in [-0.15, -0.1) is 0 Å². The van der Waals surface area contributed by atoms with Crippen LogP contribution >= 0.6 is 0 Å². The summed E-state index contributed by atoms with van der Waals surface area (Å²) in [5.74, 6) is -2.25. The number of carboxylic acids is 2. The molecule has 0 saturated heterocycles. The van der Waals surface area contributed by atoms with Gasteiger partial charge >= 0.3 is 44.8 Å². The second-order valence-electron chi connectivity index (χ2n) is 7.96. The SMILES string of the molecule is O=C([O-])c1c2ccccc2cc2ccccc12.O=C([O-])c1c2ccccc2cc2ccccc12.[Ag+].[Ag+]. The maximum Gasteiger partial charge on any atom is 1.00 e. The smallest absolute Gasteiger partial charge is 0.545 e. The van der Waals surface area contributed by atoms with Gasteiger partial charge in [-0.2, -0.15) is 0 Å². The third-order valence-electron chi connectivity index (χ3n) is 5.95. The van der Waals surface area contributed by atoms with Gasteiger partial charge in [0.2, 0.25) is 0 Å². The van der Waals surface area contributed by atoms with Gasteiger partial charge in [0.15, 0.2) is 0 Å². The first-order valence-electron chi connectivity index (χ1n) is 10.8. The molecule has 0 amide bonds. The van der Waals surface area contributed by atoms with Crippen molar-refractivity contribution in [1.82, 2.24) is 0 Å². The van der Waals surface area contributed by atoms with Crippen LogP contribution in [0.4, 0.5) is 0 Å². The van der Waals surface area contributed by atoms with Gasteiger partial charge < -0.3 is 19.8 Å². The summed E-state index contributed by atoms with van der Waals surface area (Å²) < 4.78 is 0. The number of fused-ring (bicyclic) bond motifs is 4. The van der Waals surface area contributed by atoms with Crippen LogP contribution in [0.1, 0.15) is 20.7 Å². The molecule has 6 aromatic carbocycles. The van der Waals surface area contributed by atoms with Crippen molar-refractivity contribution in [2.75, 3.05) is 0 Å². The Morgan fingerprint density at radius 1 is 0.417 bits per heavy atom. The quantitative estimate of drug-likeness (QED) is 0.200. The van der Waals surface area contributed by atoms with E-state index in [9.17, 15) is 19.8 Å². The summed E-state index contributed by atoms with van der Waals surface area (Å²) in [6, 6.07) is 33.8. The van der Waals surface area contributed by atoms with E-state index in [1.54, 1.807) is 0 Å². The molecule has 0 saturated carbocycles. The average Bonchev–Trinajstić information content (AvgIpc) is 2.85. The molecule has 0 aromatic heterocycles. The van der Waals surface area contributed by atoms with Crippen molar-refractivity contribution in [3.8, 4) is 0 Å². The van der Waals surface area contributed by atoms with Crippen molar-refractivity contribution in [3.05, 3.63) is 120 Å². The van der Waals surface area contributed by atoms with E-state index >= 15 is 0 Å². The van der Waals surface area contributed by atoms with Crippen LogP contribution in [0.3, 0.4) is 0 Å². The molecule has 0 fully saturated rings. The molecule has 0 aliphatic heterocycles. The normalized spacial score (nSPS) is 10.2. The average molecular weight is 658 g/mol. The zero-order chi connectivity index (χ0) is 23.7. The van der Waals surface area contributed by atoms with E-state index < -0.39 is 11.9 Å². The molecule has 4 nitrogen and oxygen atoms in total. The number of hydrogen-bond donors (Lipinski definition) is 0. The van der Waals surface area contributed by atoms with E-state index in [0.29, 0.717) is 0 Å². The van der Waals surface area contributed by atoms with E-state index in [0.717, 1.165) is 43.1 Å². The number of carboxylic acid groups (broad SMARTS) is 2. The first kappa shape index (κ1) is 27.4. The minimum atomic E-state index is -1.13. The van der Waals surface area contributed by atoms with Gasteiger partial charge in [-0.25, -0.2) is 0 Å². The van der Waals surface area contributed by atoms with E-state index in [2.05, 4.69) is 0 Å². The molecule has 6 rings (SSSR count). The van der Waals surface area contributed by atoms with Crippen molar-refractivity contribution >= 4 is 55.0 Å². The second-order valence-corrected chi connectivity index (χ2v) is 7.96. The van der Waals surface area contributed by atoms with Crippen LogP contribution in [-0.4, -0.2) is 11.9 Å². The van der Waals surface area contributed by atoms with Crippen LogP contribution < -0.4 is 10.2 Å². The Hall–Kier alpha value is -3.22. The van der Waals surface area contributed by atoms with Gasteiger partial charge in [-0.3, -0.25) is 0 Å². The number of carbonyl (C=O) groups excluding carboxylic acids is 2. The van der Waals surface area contributed by atoms with Gasteiger partial charge in [-0.1, -0.05) is 97.1 Å². The Morgan fingerprint density at radius 3 is 0.861 bits per heavy atom. The van der Waals surface area contributed by atoms with Crippen molar-refractivity contribution in [1.29, 1.82) is 0 Å². The van der Waals surface area contributed by atoms with Crippen LogP contribution in [-0.2, 0) is 44.8 Å². The molecule has 6 heteroatoms. The molecule has 0 heterocycles. The molecular formula is C30H18Ag2O4. The molecule has 0 N–H and O–H groups in total. The van der Waals surface area contributed by atoms with E-state index in [4.69, 9.17) is 0 Å². The number of rotatable bonds is 2. The van der Waals surface area contributed by atoms with Gasteiger partial charge in [0.05, 0.1) is 11.9 Å². The van der Waals surface area contributed by atoms with Gasteiger partial charge in [0.25, 0.3) is 0 Å². The fourth-order valence-corrected chi connectivity index (χ4v) is 4.47. The Labute approximate surface area is 238 Å². The summed E-state index contributed by atoms with van der Waals surface area (Å²) in [6.07, 6.45) is 0. The zero-order valence-corrected chi connectivity index (χ0v) is 21.6. The molecule has 36 heavy (non-hydrogen) atoms. The Balaban J connectivity index is 0.000000190. The molecule has 0 spiro atoms. The molecule has 0 bridgehead atoms. The number of aromatic carboxylic acids is 2. The third kappa shape index (κ3) is 5.15. The first-order valence-corrected chi connectivity index (χ1v) is 10.8. The standard InChI is InChI=1S/2C15H10O2.2Ag/c2*16-15(17)14-12-7-3-1-5-10(12)9-11-6-2-4-8-13(11)14;;/h2*1-9H,(H,16,17);;/q;;2*+1/p-2. The fourth-order valence-electron chi connectivity index (χ4n) is 4.47.